The number of nitrogens with zero attached hydrogens (tertiary/aromatic N) is 2. The van der Waals surface area contributed by atoms with Gasteiger partial charge in [0.05, 0.1) is 6.54 Å². The molecule has 1 aliphatic rings. The number of halogens is 1. The molecule has 0 aromatic rings. The first kappa shape index (κ1) is 18.0. The fourth-order valence-electron chi connectivity index (χ4n) is 2.06. The average molecular weight is 368 g/mol. The molecular formula is C13H29IN4. The van der Waals surface area contributed by atoms with Crippen molar-refractivity contribution in [2.45, 2.75) is 52.1 Å². The maximum Gasteiger partial charge on any atom is 0.191 e. The van der Waals surface area contributed by atoms with Crippen LogP contribution < -0.4 is 10.6 Å². The molecule has 0 aromatic carbocycles. The second-order valence-electron chi connectivity index (χ2n) is 4.95. The van der Waals surface area contributed by atoms with Crippen LogP contribution in [0.2, 0.25) is 0 Å². The van der Waals surface area contributed by atoms with Gasteiger partial charge in [0.15, 0.2) is 5.96 Å². The monoisotopic (exact) mass is 368 g/mol. The number of guanidine groups is 1. The van der Waals surface area contributed by atoms with E-state index in [1.54, 1.807) is 0 Å². The highest BCUT2D eigenvalue weighted by atomic mass is 127. The number of hydrogen-bond acceptors (Lipinski definition) is 2. The zero-order valence-electron chi connectivity index (χ0n) is 12.2. The fraction of sp³-hybridized carbons (Fsp3) is 0.923. The topological polar surface area (TPSA) is 39.7 Å². The molecule has 1 heterocycles. The third-order valence-electron chi connectivity index (χ3n) is 3.47. The van der Waals surface area contributed by atoms with E-state index in [0.717, 1.165) is 25.5 Å². The third kappa shape index (κ3) is 6.22. The van der Waals surface area contributed by atoms with Gasteiger partial charge in [0, 0.05) is 18.6 Å². The van der Waals surface area contributed by atoms with Gasteiger partial charge in [0.2, 0.25) is 0 Å². The fourth-order valence-corrected chi connectivity index (χ4v) is 2.06. The smallest absolute Gasteiger partial charge is 0.191 e. The van der Waals surface area contributed by atoms with E-state index in [0.29, 0.717) is 12.1 Å². The van der Waals surface area contributed by atoms with E-state index < -0.39 is 0 Å². The van der Waals surface area contributed by atoms with Crippen molar-refractivity contribution >= 4 is 29.9 Å². The molecule has 108 valence electrons. The molecule has 1 rings (SSSR count). The maximum absolute atomic E-state index is 4.69. The predicted octanol–water partition coefficient (Wildman–Crippen LogP) is 2.05. The van der Waals surface area contributed by atoms with Crippen LogP contribution >= 0.6 is 24.0 Å². The molecule has 0 aromatic heterocycles. The number of likely N-dealkylation sites (tertiary alicyclic amines) is 1. The van der Waals surface area contributed by atoms with Crippen molar-refractivity contribution < 1.29 is 0 Å². The van der Waals surface area contributed by atoms with Crippen molar-refractivity contribution in [1.29, 1.82) is 0 Å². The lowest BCUT2D eigenvalue weighted by atomic mass is 10.2. The zero-order valence-corrected chi connectivity index (χ0v) is 14.5. The van der Waals surface area contributed by atoms with Gasteiger partial charge in [0.25, 0.3) is 0 Å². The SMILES string of the molecule is CCNC(=NCC1CCCN1C)NC(C)CC.I. The Morgan fingerprint density at radius 1 is 1.44 bits per heavy atom. The minimum absolute atomic E-state index is 0. The average Bonchev–Trinajstić information content (AvgIpc) is 2.72. The van der Waals surface area contributed by atoms with Gasteiger partial charge in [-0.3, -0.25) is 4.99 Å². The predicted molar refractivity (Wildman–Crippen MR) is 89.9 cm³/mol. The van der Waals surface area contributed by atoms with Gasteiger partial charge in [-0.15, -0.1) is 24.0 Å². The molecule has 2 N–H and O–H groups in total. The van der Waals surface area contributed by atoms with Crippen molar-refractivity contribution in [3.8, 4) is 0 Å². The number of nitrogens with one attached hydrogen (secondary N) is 2. The number of likely N-dealkylation sites (N-methyl/N-ethyl adjacent to an activating group) is 1. The van der Waals surface area contributed by atoms with Gasteiger partial charge in [-0.1, -0.05) is 6.92 Å². The summed E-state index contributed by atoms with van der Waals surface area (Å²) in [4.78, 5) is 7.10. The summed E-state index contributed by atoms with van der Waals surface area (Å²) in [7, 11) is 2.20. The molecule has 0 spiro atoms. The first-order valence-electron chi connectivity index (χ1n) is 6.92. The lowest BCUT2D eigenvalue weighted by Crippen LogP contribution is -2.42. The lowest BCUT2D eigenvalue weighted by Gasteiger charge is -2.20. The lowest BCUT2D eigenvalue weighted by molar-refractivity contribution is 0.317. The van der Waals surface area contributed by atoms with Gasteiger partial charge in [0.1, 0.15) is 0 Å². The molecular weight excluding hydrogens is 339 g/mol. The van der Waals surface area contributed by atoms with Crippen molar-refractivity contribution in [2.24, 2.45) is 4.99 Å². The molecule has 18 heavy (non-hydrogen) atoms. The van der Waals surface area contributed by atoms with E-state index in [4.69, 9.17) is 0 Å². The van der Waals surface area contributed by atoms with Crippen molar-refractivity contribution in [3.05, 3.63) is 0 Å². The number of aliphatic imine (C=N–C) groups is 1. The Morgan fingerprint density at radius 3 is 2.67 bits per heavy atom. The largest absolute Gasteiger partial charge is 0.357 e. The molecule has 0 radical (unpaired) electrons. The van der Waals surface area contributed by atoms with Crippen LogP contribution in [0.3, 0.4) is 0 Å². The standard InChI is InChI=1S/C13H28N4.HI/c1-5-11(3)16-13(14-6-2)15-10-12-8-7-9-17(12)4;/h11-12H,5-10H2,1-4H3,(H2,14,15,16);1H. The highest BCUT2D eigenvalue weighted by Crippen LogP contribution is 2.14. The molecule has 2 unspecified atom stereocenters. The van der Waals surface area contributed by atoms with Crippen molar-refractivity contribution in [2.75, 3.05) is 26.7 Å². The molecule has 1 aliphatic heterocycles. The Hall–Kier alpha value is -0.0400. The summed E-state index contributed by atoms with van der Waals surface area (Å²) in [5.74, 6) is 0.960. The summed E-state index contributed by atoms with van der Waals surface area (Å²) in [6.45, 7) is 9.52. The Morgan fingerprint density at radius 2 is 2.17 bits per heavy atom. The maximum atomic E-state index is 4.69. The van der Waals surface area contributed by atoms with E-state index in [1.807, 2.05) is 0 Å². The van der Waals surface area contributed by atoms with Crippen molar-refractivity contribution in [1.82, 2.24) is 15.5 Å². The van der Waals surface area contributed by atoms with Gasteiger partial charge < -0.3 is 15.5 Å². The number of rotatable bonds is 5. The van der Waals surface area contributed by atoms with E-state index in [1.165, 1.54) is 19.4 Å². The summed E-state index contributed by atoms with van der Waals surface area (Å²) in [5.41, 5.74) is 0. The third-order valence-corrected chi connectivity index (χ3v) is 3.47. The Balaban J connectivity index is 0.00000289. The minimum atomic E-state index is 0. The van der Waals surface area contributed by atoms with E-state index in [2.05, 4.69) is 48.3 Å². The van der Waals surface area contributed by atoms with E-state index in [9.17, 15) is 0 Å². The molecule has 1 saturated heterocycles. The molecule has 5 heteroatoms. The Kier molecular flexibility index (Phi) is 9.81. The summed E-state index contributed by atoms with van der Waals surface area (Å²) < 4.78 is 0. The second kappa shape index (κ2) is 9.83. The first-order chi connectivity index (χ1) is 8.17. The van der Waals surface area contributed by atoms with Crippen LogP contribution in [0.25, 0.3) is 0 Å². The van der Waals surface area contributed by atoms with Crippen LogP contribution in [0.15, 0.2) is 4.99 Å². The molecule has 1 fully saturated rings. The molecule has 2 atom stereocenters. The van der Waals surface area contributed by atoms with Gasteiger partial charge in [-0.25, -0.2) is 0 Å². The quantitative estimate of drug-likeness (QED) is 0.443. The molecule has 0 bridgehead atoms. The summed E-state index contributed by atoms with van der Waals surface area (Å²) >= 11 is 0. The van der Waals surface area contributed by atoms with Crippen molar-refractivity contribution in [3.63, 3.8) is 0 Å². The summed E-state index contributed by atoms with van der Waals surface area (Å²) in [6, 6.07) is 1.11. The van der Waals surface area contributed by atoms with Crippen LogP contribution in [-0.2, 0) is 0 Å². The normalized spacial score (nSPS) is 22.4. The number of hydrogen-bond donors (Lipinski definition) is 2. The van der Waals surface area contributed by atoms with Gasteiger partial charge >= 0.3 is 0 Å². The zero-order chi connectivity index (χ0) is 12.7. The van der Waals surface area contributed by atoms with Crippen LogP contribution in [0.1, 0.15) is 40.0 Å². The summed E-state index contributed by atoms with van der Waals surface area (Å²) in [6.07, 6.45) is 3.71. The second-order valence-corrected chi connectivity index (χ2v) is 4.95. The highest BCUT2D eigenvalue weighted by Gasteiger charge is 2.20. The van der Waals surface area contributed by atoms with Crippen LogP contribution in [0.4, 0.5) is 0 Å². The van der Waals surface area contributed by atoms with E-state index >= 15 is 0 Å². The Labute approximate surface area is 129 Å². The molecule has 0 aliphatic carbocycles. The van der Waals surface area contributed by atoms with Crippen LogP contribution in [-0.4, -0.2) is 49.6 Å². The molecule has 0 saturated carbocycles. The van der Waals surface area contributed by atoms with E-state index in [-0.39, 0.29) is 24.0 Å². The van der Waals surface area contributed by atoms with Gasteiger partial charge in [-0.2, -0.15) is 0 Å². The first-order valence-corrected chi connectivity index (χ1v) is 6.92. The minimum Gasteiger partial charge on any atom is -0.357 e. The van der Waals surface area contributed by atoms with Crippen LogP contribution in [0.5, 0.6) is 0 Å². The van der Waals surface area contributed by atoms with Gasteiger partial charge in [-0.05, 0) is 46.7 Å². The highest BCUT2D eigenvalue weighted by molar-refractivity contribution is 14.0. The summed E-state index contributed by atoms with van der Waals surface area (Å²) in [5, 5.41) is 6.73. The Bertz CT molecular complexity index is 245. The molecule has 4 nitrogen and oxygen atoms in total. The molecule has 0 amide bonds. The van der Waals surface area contributed by atoms with Crippen LogP contribution in [0, 0.1) is 0 Å².